The van der Waals surface area contributed by atoms with Gasteiger partial charge in [0.1, 0.15) is 19.9 Å². The zero-order chi connectivity index (χ0) is 39.4. The van der Waals surface area contributed by atoms with E-state index in [0.29, 0.717) is 39.2 Å². The summed E-state index contributed by atoms with van der Waals surface area (Å²) < 4.78 is 17.8. The lowest BCUT2D eigenvalue weighted by atomic mass is 9.97. The molecule has 0 radical (unpaired) electrons. The summed E-state index contributed by atoms with van der Waals surface area (Å²) in [7, 11) is -2.88. The van der Waals surface area contributed by atoms with E-state index in [-0.39, 0.29) is 53.4 Å². The molecule has 1 unspecified atom stereocenters. The quantitative estimate of drug-likeness (QED) is 0.0140. The Hall–Kier alpha value is -4.49. The number of carboxylic acid groups (broad SMARTS) is 1. The van der Waals surface area contributed by atoms with Crippen LogP contribution in [0.2, 0.25) is 0 Å². The molecule has 4 heterocycles. The van der Waals surface area contributed by atoms with Gasteiger partial charge in [-0.15, -0.1) is 23.1 Å². The molecule has 3 atom stereocenters. The zero-order valence-electron chi connectivity index (χ0n) is 29.1. The number of carbonyl (C=O) groups is 4. The summed E-state index contributed by atoms with van der Waals surface area (Å²) in [5.74, 6) is -4.88. The van der Waals surface area contributed by atoms with E-state index in [4.69, 9.17) is 16.3 Å². The maximum absolute atomic E-state index is 13.9. The number of anilines is 1. The van der Waals surface area contributed by atoms with Gasteiger partial charge in [0.05, 0.1) is 34.7 Å². The standard InChI is InChI=1S/C29H36N11O9PS4.H2O/c1-3-49-37-21(23-36-28(54-39-23)38-50(46,47)48)19(42)11-17(24(43)33-16(12-41)5-4-8-32-27(30)31)25-35-22(26(44)45)20(14-51-25)53-29-34-18(13-52-29)15-6-9-40(2)10-7-15;/h6-7,9-10,12-13,16-17,25,35H,3-5,8,11,14H2,1-2H3,(H8-,30,31,32,33,36,38,39,43,44,45,46,47,48);1H2/p-1/b37-21+;/t16?,17-,25-;/m1./s1. The van der Waals surface area contributed by atoms with Gasteiger partial charge < -0.3 is 56.9 Å². The molecule has 4 rings (SSSR count). The van der Waals surface area contributed by atoms with E-state index < -0.39 is 54.9 Å². The Balaban J connectivity index is 0.00000812. The number of aryl methyl sites for hydroxylation is 1. The van der Waals surface area contributed by atoms with Crippen LogP contribution in [0.1, 0.15) is 32.0 Å². The molecule has 1 amide bonds. The van der Waals surface area contributed by atoms with Crippen molar-refractivity contribution in [1.29, 1.82) is 0 Å². The first kappa shape index (κ1) is 44.9. The number of rotatable bonds is 20. The molecule has 1 aliphatic rings. The summed E-state index contributed by atoms with van der Waals surface area (Å²) in [5, 5.41) is 24.1. The summed E-state index contributed by atoms with van der Waals surface area (Å²) in [6.45, 7) is 1.79. The number of nitrogens with two attached hydrogens (primary N) is 2. The molecule has 0 bridgehead atoms. The van der Waals surface area contributed by atoms with E-state index in [1.54, 1.807) is 6.92 Å². The minimum Gasteiger partial charge on any atom is -0.870 e. The molecule has 0 saturated carbocycles. The van der Waals surface area contributed by atoms with E-state index in [9.17, 15) is 38.6 Å². The normalized spacial score (nSPS) is 15.5. The Morgan fingerprint density at radius 3 is 2.64 bits per heavy atom. The van der Waals surface area contributed by atoms with Crippen LogP contribution in [0.5, 0.6) is 0 Å². The van der Waals surface area contributed by atoms with Crippen LogP contribution in [0, 0.1) is 5.92 Å². The van der Waals surface area contributed by atoms with Crippen molar-refractivity contribution in [2.75, 3.05) is 24.0 Å². The number of aliphatic imine (C=N–C) groups is 1. The van der Waals surface area contributed by atoms with E-state index in [0.717, 1.165) is 29.1 Å². The highest BCUT2D eigenvalue weighted by atomic mass is 32.2. The number of carbonyl (C=O) groups excluding carboxylic acids is 4. The van der Waals surface area contributed by atoms with Crippen LogP contribution in [0.4, 0.5) is 5.13 Å². The number of oxime groups is 1. The first-order valence-electron chi connectivity index (χ1n) is 15.8. The third kappa shape index (κ3) is 13.6. The molecular weight excluding hydrogens is 822 g/mol. The van der Waals surface area contributed by atoms with Gasteiger partial charge in [0.25, 0.3) is 0 Å². The molecule has 1 aliphatic heterocycles. The number of ketones is 1. The van der Waals surface area contributed by atoms with Gasteiger partial charge in [0.2, 0.25) is 16.9 Å². The van der Waals surface area contributed by atoms with Crippen molar-refractivity contribution >= 4 is 94.9 Å². The highest BCUT2D eigenvalue weighted by Crippen LogP contribution is 2.40. The van der Waals surface area contributed by atoms with Gasteiger partial charge in [-0.1, -0.05) is 16.9 Å². The monoisotopic (exact) mass is 858 g/mol. The predicted molar refractivity (Wildman–Crippen MR) is 203 cm³/mol. The van der Waals surface area contributed by atoms with Crippen molar-refractivity contribution in [1.82, 2.24) is 25.0 Å². The Kier molecular flexibility index (Phi) is 17.1. The third-order valence-corrected chi connectivity index (χ3v) is 11.9. The predicted octanol–water partition coefficient (Wildman–Crippen LogP) is -0.716. The number of hydrogen-bond acceptors (Lipinski definition) is 18. The number of guanidine groups is 1. The van der Waals surface area contributed by atoms with Gasteiger partial charge in [0, 0.05) is 58.2 Å². The Morgan fingerprint density at radius 1 is 1.27 bits per heavy atom. The molecule has 21 nitrogen and oxygen atoms in total. The van der Waals surface area contributed by atoms with E-state index in [2.05, 4.69) is 35.1 Å². The van der Waals surface area contributed by atoms with Gasteiger partial charge >= 0.3 is 7.75 Å². The summed E-state index contributed by atoms with van der Waals surface area (Å²) in [6, 6.07) is 2.79. The number of Topliss-reactive ketones (excluding diaryl/α,β-unsaturated/α-hetero) is 1. The molecule has 0 aliphatic carbocycles. The van der Waals surface area contributed by atoms with Crippen LogP contribution >= 0.6 is 54.1 Å². The van der Waals surface area contributed by atoms with Gasteiger partial charge in [-0.05, 0) is 19.8 Å². The molecule has 3 aromatic heterocycles. The fourth-order valence-corrected chi connectivity index (χ4v) is 9.24. The first-order chi connectivity index (χ1) is 25.7. The summed E-state index contributed by atoms with van der Waals surface area (Å²) in [5.41, 5.74) is 11.5. The topological polar surface area (TPSA) is 344 Å². The van der Waals surface area contributed by atoms with Crippen LogP contribution in [0.25, 0.3) is 11.3 Å². The van der Waals surface area contributed by atoms with Crippen LogP contribution in [-0.2, 0) is 35.6 Å². The second-order valence-electron chi connectivity index (χ2n) is 11.2. The number of nitrogens with zero attached hydrogens (tertiary/aromatic N) is 6. The third-order valence-electron chi connectivity index (χ3n) is 7.13. The van der Waals surface area contributed by atoms with Crippen LogP contribution < -0.4 is 36.9 Å². The molecule has 0 spiro atoms. The number of pyridine rings is 1. The number of amides is 1. The number of nitrogens with one attached hydrogen (secondary N) is 3. The molecule has 0 saturated heterocycles. The Bertz CT molecular complexity index is 1970. The average molecular weight is 859 g/mol. The lowest BCUT2D eigenvalue weighted by molar-refractivity contribution is -0.671. The molecule has 298 valence electrons. The maximum atomic E-state index is 13.9. The lowest BCUT2D eigenvalue weighted by Crippen LogP contribution is -2.50. The number of aliphatic carboxylic acids is 1. The van der Waals surface area contributed by atoms with Gasteiger partial charge in [-0.3, -0.25) is 19.7 Å². The summed E-state index contributed by atoms with van der Waals surface area (Å²) >= 11 is 4.12. The van der Waals surface area contributed by atoms with Crippen molar-refractivity contribution in [3.63, 3.8) is 0 Å². The first-order valence-corrected chi connectivity index (χ1v) is 20.9. The SMILES string of the molecule is CCO/N=C(\C(=O)C[C@H](C(=O)NC(C=O)CCCN=C(N)N)[C@@H]1NC(C(=O)[O-])=C(Sc2nc(-c3cc[n+](C)cc3)cs2)CS1)c1nsc(NP(=O)(O)O)n1.[OH-]. The van der Waals surface area contributed by atoms with Crippen molar-refractivity contribution in [2.45, 2.75) is 41.9 Å². The molecular formula is C29H37N11O10PS4-. The molecule has 10 N–H and O–H groups in total. The van der Waals surface area contributed by atoms with Crippen LogP contribution in [0.15, 0.2) is 55.0 Å². The lowest BCUT2D eigenvalue weighted by Gasteiger charge is -2.34. The smallest absolute Gasteiger partial charge is 0.429 e. The Labute approximate surface area is 330 Å². The fourth-order valence-electron chi connectivity index (χ4n) is 4.64. The minimum absolute atomic E-state index is 0. The largest absolute Gasteiger partial charge is 0.870 e. The summed E-state index contributed by atoms with van der Waals surface area (Å²) in [6.07, 6.45) is 4.13. The number of thiazole rings is 1. The average Bonchev–Trinajstić information content (AvgIpc) is 3.78. The maximum Gasteiger partial charge on any atom is 0.429 e. The Morgan fingerprint density at radius 2 is 2.00 bits per heavy atom. The molecule has 0 aromatic carbocycles. The highest BCUT2D eigenvalue weighted by Gasteiger charge is 2.37. The van der Waals surface area contributed by atoms with Crippen molar-refractivity contribution < 1.29 is 53.5 Å². The van der Waals surface area contributed by atoms with Crippen LogP contribution in [0.3, 0.4) is 0 Å². The number of thioether (sulfide) groups is 2. The number of carboxylic acids is 1. The van der Waals surface area contributed by atoms with Crippen molar-refractivity contribution in [3.05, 3.63) is 46.3 Å². The highest BCUT2D eigenvalue weighted by molar-refractivity contribution is 8.07. The van der Waals surface area contributed by atoms with Gasteiger partial charge in [-0.2, -0.15) is 9.36 Å². The summed E-state index contributed by atoms with van der Waals surface area (Å²) in [4.78, 5) is 88.6. The van der Waals surface area contributed by atoms with Crippen LogP contribution in [-0.4, -0.2) is 95.5 Å². The van der Waals surface area contributed by atoms with Gasteiger partial charge in [0.15, 0.2) is 34.2 Å². The number of aldehydes is 1. The second-order valence-corrected chi connectivity index (χ2v) is 16.6. The second kappa shape index (κ2) is 21.0. The number of hydrogen-bond donors (Lipinski definition) is 7. The van der Waals surface area contributed by atoms with E-state index in [1.807, 2.05) is 46.6 Å². The molecule has 0 fully saturated rings. The zero-order valence-corrected chi connectivity index (χ0v) is 33.2. The van der Waals surface area contributed by atoms with Gasteiger partial charge in [-0.25, -0.2) is 14.1 Å². The molecule has 55 heavy (non-hydrogen) atoms. The molecule has 26 heteroatoms. The van der Waals surface area contributed by atoms with E-state index in [1.165, 1.54) is 11.3 Å². The van der Waals surface area contributed by atoms with Crippen molar-refractivity contribution in [2.24, 2.45) is 34.6 Å². The fraction of sp³-hybridized carbons (Fsp3) is 0.379. The van der Waals surface area contributed by atoms with E-state index >= 15 is 0 Å². The number of aromatic nitrogens is 4. The van der Waals surface area contributed by atoms with Crippen molar-refractivity contribution in [3.8, 4) is 11.3 Å². The molecule has 3 aromatic rings. The minimum atomic E-state index is -4.77.